The summed E-state index contributed by atoms with van der Waals surface area (Å²) in [6, 6.07) is 11.4. The van der Waals surface area contributed by atoms with Gasteiger partial charge in [0.25, 0.3) is 0 Å². The fourth-order valence-electron chi connectivity index (χ4n) is 2.87. The summed E-state index contributed by atoms with van der Waals surface area (Å²) in [6.07, 6.45) is -2.08. The number of anilines is 1. The highest BCUT2D eigenvalue weighted by molar-refractivity contribution is 14.0. The van der Waals surface area contributed by atoms with Crippen molar-refractivity contribution in [2.75, 3.05) is 25.1 Å². The van der Waals surface area contributed by atoms with Crippen LogP contribution < -0.4 is 15.0 Å². The Kier molecular flexibility index (Phi) is 7.28. The molecule has 2 aromatic rings. The normalized spacial score (nSPS) is 13.8. The number of rotatable bonds is 4. The van der Waals surface area contributed by atoms with Gasteiger partial charge in [-0.1, -0.05) is 24.3 Å². The van der Waals surface area contributed by atoms with Gasteiger partial charge in [-0.2, -0.15) is 13.2 Å². The Morgan fingerprint density at radius 1 is 1.26 bits per heavy atom. The minimum Gasteiger partial charge on any atom is -0.468 e. The van der Waals surface area contributed by atoms with Crippen LogP contribution in [0.1, 0.15) is 11.1 Å². The number of ether oxygens (including phenoxy) is 1. The maximum atomic E-state index is 12.4. The number of hydrogen-bond donors (Lipinski definition) is 1. The minimum atomic E-state index is -4.41. The molecule has 1 aromatic heterocycles. The lowest BCUT2D eigenvalue weighted by atomic mass is 10.2. The number of para-hydroxylation sites is 1. The Morgan fingerprint density at radius 2 is 2.04 bits per heavy atom. The number of aromatic nitrogens is 1. The van der Waals surface area contributed by atoms with E-state index in [-0.39, 0.29) is 36.4 Å². The van der Waals surface area contributed by atoms with Crippen molar-refractivity contribution in [2.24, 2.45) is 4.99 Å². The first-order chi connectivity index (χ1) is 12.5. The fraction of sp³-hybridized carbons (Fsp3) is 0.333. The second-order valence-corrected chi connectivity index (χ2v) is 5.80. The zero-order chi connectivity index (χ0) is 18.6. The molecule has 0 spiro atoms. The van der Waals surface area contributed by atoms with E-state index in [0.717, 1.165) is 18.7 Å². The Bertz CT molecular complexity index is 798. The smallest absolute Gasteiger partial charge is 0.422 e. The number of benzene rings is 1. The van der Waals surface area contributed by atoms with Crippen LogP contribution in [-0.4, -0.2) is 37.3 Å². The van der Waals surface area contributed by atoms with E-state index in [4.69, 9.17) is 4.74 Å². The Balaban J connectivity index is 0.00000261. The second kappa shape index (κ2) is 9.25. The van der Waals surface area contributed by atoms with Crippen molar-refractivity contribution in [3.63, 3.8) is 0 Å². The molecular formula is C18H20F3IN4O. The van der Waals surface area contributed by atoms with Crippen molar-refractivity contribution in [2.45, 2.75) is 19.1 Å². The van der Waals surface area contributed by atoms with Gasteiger partial charge in [0.2, 0.25) is 5.88 Å². The first-order valence-electron chi connectivity index (χ1n) is 8.17. The number of nitrogens with one attached hydrogen (secondary N) is 1. The van der Waals surface area contributed by atoms with Crippen molar-refractivity contribution in [3.8, 4) is 5.88 Å². The topological polar surface area (TPSA) is 49.8 Å². The Hall–Kier alpha value is -2.04. The van der Waals surface area contributed by atoms with Crippen molar-refractivity contribution in [1.82, 2.24) is 10.3 Å². The average molecular weight is 492 g/mol. The lowest BCUT2D eigenvalue weighted by Gasteiger charge is -2.22. The van der Waals surface area contributed by atoms with Gasteiger partial charge in [-0.3, -0.25) is 4.99 Å². The summed E-state index contributed by atoms with van der Waals surface area (Å²) in [4.78, 5) is 10.2. The molecule has 0 saturated heterocycles. The Morgan fingerprint density at radius 3 is 2.78 bits per heavy atom. The SMILES string of the molecule is CN=C(NCc1cccnc1OCC(F)(F)F)N1CCc2ccccc21.I. The van der Waals surface area contributed by atoms with Gasteiger partial charge in [0, 0.05) is 37.6 Å². The number of nitrogens with zero attached hydrogens (tertiary/aromatic N) is 3. The van der Waals surface area contributed by atoms with E-state index in [9.17, 15) is 13.2 Å². The standard InChI is InChI=1S/C18H19F3N4O.HI/c1-22-17(25-10-8-13-5-2-3-7-15(13)25)24-11-14-6-4-9-23-16(14)26-12-18(19,20)21;/h2-7,9H,8,10-12H2,1H3,(H,22,24);1H. The molecule has 0 bridgehead atoms. The van der Waals surface area contributed by atoms with Crippen LogP contribution >= 0.6 is 24.0 Å². The molecule has 0 saturated carbocycles. The fourth-order valence-corrected chi connectivity index (χ4v) is 2.87. The third-order valence-electron chi connectivity index (χ3n) is 4.01. The lowest BCUT2D eigenvalue weighted by Crippen LogP contribution is -2.40. The summed E-state index contributed by atoms with van der Waals surface area (Å²) in [6.45, 7) is -0.318. The monoisotopic (exact) mass is 492 g/mol. The van der Waals surface area contributed by atoms with Crippen molar-refractivity contribution < 1.29 is 17.9 Å². The van der Waals surface area contributed by atoms with Gasteiger partial charge in [-0.05, 0) is 24.1 Å². The van der Waals surface area contributed by atoms with E-state index < -0.39 is 12.8 Å². The predicted octanol–water partition coefficient (Wildman–Crippen LogP) is 3.78. The van der Waals surface area contributed by atoms with Gasteiger partial charge in [0.1, 0.15) is 0 Å². The number of guanidine groups is 1. The molecule has 146 valence electrons. The molecule has 0 amide bonds. The van der Waals surface area contributed by atoms with Crippen LogP contribution in [0, 0.1) is 0 Å². The highest BCUT2D eigenvalue weighted by Gasteiger charge is 2.29. The second-order valence-electron chi connectivity index (χ2n) is 5.80. The van der Waals surface area contributed by atoms with Gasteiger partial charge in [0.05, 0.1) is 0 Å². The maximum Gasteiger partial charge on any atom is 0.422 e. The number of hydrogen-bond acceptors (Lipinski definition) is 3. The molecule has 0 atom stereocenters. The number of aliphatic imine (C=N–C) groups is 1. The van der Waals surface area contributed by atoms with Crippen LogP contribution in [0.25, 0.3) is 0 Å². The summed E-state index contributed by atoms with van der Waals surface area (Å²) in [5.74, 6) is 0.621. The van der Waals surface area contributed by atoms with Gasteiger partial charge >= 0.3 is 6.18 Å². The summed E-state index contributed by atoms with van der Waals surface area (Å²) < 4.78 is 42.0. The summed E-state index contributed by atoms with van der Waals surface area (Å²) >= 11 is 0. The first-order valence-corrected chi connectivity index (χ1v) is 8.17. The third-order valence-corrected chi connectivity index (χ3v) is 4.01. The van der Waals surface area contributed by atoms with E-state index in [1.54, 1.807) is 19.2 Å². The molecule has 1 aromatic carbocycles. The van der Waals surface area contributed by atoms with Crippen LogP contribution in [0.15, 0.2) is 47.6 Å². The minimum absolute atomic E-state index is 0. The van der Waals surface area contributed by atoms with E-state index in [1.807, 2.05) is 18.2 Å². The molecule has 5 nitrogen and oxygen atoms in total. The highest BCUT2D eigenvalue weighted by atomic mass is 127. The highest BCUT2D eigenvalue weighted by Crippen LogP contribution is 2.27. The molecule has 1 aliphatic heterocycles. The van der Waals surface area contributed by atoms with Gasteiger partial charge in [-0.25, -0.2) is 4.98 Å². The van der Waals surface area contributed by atoms with E-state index in [1.165, 1.54) is 11.8 Å². The van der Waals surface area contributed by atoms with Crippen LogP contribution in [-0.2, 0) is 13.0 Å². The summed E-state index contributed by atoms with van der Waals surface area (Å²) in [5.41, 5.74) is 2.86. The van der Waals surface area contributed by atoms with Crippen LogP contribution in [0.4, 0.5) is 18.9 Å². The molecule has 1 N–H and O–H groups in total. The van der Waals surface area contributed by atoms with E-state index >= 15 is 0 Å². The van der Waals surface area contributed by atoms with Crippen LogP contribution in [0.3, 0.4) is 0 Å². The lowest BCUT2D eigenvalue weighted by molar-refractivity contribution is -0.154. The van der Waals surface area contributed by atoms with Crippen LogP contribution in [0.2, 0.25) is 0 Å². The average Bonchev–Trinajstić information content (AvgIpc) is 3.05. The summed E-state index contributed by atoms with van der Waals surface area (Å²) in [7, 11) is 1.67. The molecule has 0 unspecified atom stereocenters. The number of pyridine rings is 1. The molecule has 27 heavy (non-hydrogen) atoms. The quantitative estimate of drug-likeness (QED) is 0.401. The van der Waals surface area contributed by atoms with Gasteiger partial charge in [0.15, 0.2) is 12.6 Å². The number of fused-ring (bicyclic) bond motifs is 1. The van der Waals surface area contributed by atoms with Crippen molar-refractivity contribution >= 4 is 35.6 Å². The zero-order valence-corrected chi connectivity index (χ0v) is 17.0. The number of alkyl halides is 3. The molecule has 0 radical (unpaired) electrons. The van der Waals surface area contributed by atoms with Gasteiger partial charge in [-0.15, -0.1) is 24.0 Å². The van der Waals surface area contributed by atoms with Crippen molar-refractivity contribution in [1.29, 1.82) is 0 Å². The Labute approximate surface area is 172 Å². The van der Waals surface area contributed by atoms with Gasteiger partial charge < -0.3 is 15.0 Å². The molecular weight excluding hydrogens is 472 g/mol. The van der Waals surface area contributed by atoms with Crippen LogP contribution in [0.5, 0.6) is 5.88 Å². The molecule has 3 rings (SSSR count). The largest absolute Gasteiger partial charge is 0.468 e. The molecule has 0 fully saturated rings. The van der Waals surface area contributed by atoms with E-state index in [0.29, 0.717) is 11.5 Å². The molecule has 1 aliphatic rings. The third kappa shape index (κ3) is 5.47. The maximum absolute atomic E-state index is 12.4. The molecule has 2 heterocycles. The zero-order valence-electron chi connectivity index (χ0n) is 14.7. The molecule has 0 aliphatic carbocycles. The van der Waals surface area contributed by atoms with Crippen molar-refractivity contribution in [3.05, 3.63) is 53.7 Å². The van der Waals surface area contributed by atoms with E-state index in [2.05, 4.69) is 26.3 Å². The number of halogens is 4. The predicted molar refractivity (Wildman–Crippen MR) is 109 cm³/mol. The summed E-state index contributed by atoms with van der Waals surface area (Å²) in [5, 5.41) is 3.18. The first kappa shape index (κ1) is 21.3. The molecule has 9 heteroatoms.